The first-order valence-electron chi connectivity index (χ1n) is 10.4. The van der Waals surface area contributed by atoms with E-state index in [0.717, 1.165) is 44.6 Å². The summed E-state index contributed by atoms with van der Waals surface area (Å²) in [5.74, 6) is 0.790. The molecule has 0 amide bonds. The van der Waals surface area contributed by atoms with Crippen molar-refractivity contribution in [2.45, 2.75) is 56.1 Å². The van der Waals surface area contributed by atoms with Gasteiger partial charge in [0.1, 0.15) is 16.3 Å². The number of aryl methyl sites for hydroxylation is 1. The zero-order valence-electron chi connectivity index (χ0n) is 17.1. The first kappa shape index (κ1) is 20.3. The number of benzene rings is 1. The number of aromatic nitrogens is 1. The van der Waals surface area contributed by atoms with Crippen LogP contribution in [0.2, 0.25) is 0 Å². The molecule has 1 aliphatic heterocycles. The van der Waals surface area contributed by atoms with Gasteiger partial charge in [-0.05, 0) is 48.9 Å². The zero-order chi connectivity index (χ0) is 20.5. The van der Waals surface area contributed by atoms with Gasteiger partial charge in [-0.15, -0.1) is 0 Å². The molecule has 1 atom stereocenters. The highest BCUT2D eigenvalue weighted by molar-refractivity contribution is 7.89. The number of hydrogen-bond donors (Lipinski definition) is 1. The van der Waals surface area contributed by atoms with Crippen molar-refractivity contribution in [3.63, 3.8) is 0 Å². The normalized spacial score (nSPS) is 21.7. The second-order valence-electron chi connectivity index (χ2n) is 7.91. The van der Waals surface area contributed by atoms with E-state index in [9.17, 15) is 8.42 Å². The van der Waals surface area contributed by atoms with Gasteiger partial charge in [0.2, 0.25) is 10.0 Å². The predicted molar refractivity (Wildman–Crippen MR) is 114 cm³/mol. The fourth-order valence-corrected chi connectivity index (χ4v) is 5.76. The average molecular weight is 416 g/mol. The molecule has 1 spiro atoms. The molecule has 0 radical (unpaired) electrons. The Morgan fingerprint density at radius 3 is 2.72 bits per heavy atom. The van der Waals surface area contributed by atoms with Crippen LogP contribution < -0.4 is 9.62 Å². The molecule has 1 fully saturated rings. The van der Waals surface area contributed by atoms with E-state index in [-0.39, 0.29) is 16.5 Å². The number of hydrogen-bond acceptors (Lipinski definition) is 5. The molecule has 0 saturated carbocycles. The first-order chi connectivity index (χ1) is 14.0. The van der Waals surface area contributed by atoms with Crippen molar-refractivity contribution in [3.05, 3.63) is 53.7 Å². The molecule has 2 aromatic rings. The van der Waals surface area contributed by atoms with Gasteiger partial charge in [0, 0.05) is 18.8 Å². The quantitative estimate of drug-likeness (QED) is 0.784. The average Bonchev–Trinajstić information content (AvgIpc) is 3.10. The molecule has 156 valence electrons. The van der Waals surface area contributed by atoms with Crippen LogP contribution in [0.25, 0.3) is 0 Å². The molecule has 2 heterocycles. The van der Waals surface area contributed by atoms with Crippen LogP contribution in [0.3, 0.4) is 0 Å². The van der Waals surface area contributed by atoms with E-state index >= 15 is 0 Å². The molecule has 1 unspecified atom stereocenters. The molecule has 1 aliphatic carbocycles. The molecule has 7 heteroatoms. The SMILES string of the molecule is CCC(CC)NS(=O)(=O)c1ccc(N2CCOC3(CCc4ccccc43)C2)nc1. The van der Waals surface area contributed by atoms with Crippen LogP contribution >= 0.6 is 0 Å². The Bertz CT molecular complexity index is 954. The van der Waals surface area contributed by atoms with Gasteiger partial charge in [0.25, 0.3) is 0 Å². The van der Waals surface area contributed by atoms with Crippen molar-refractivity contribution in [2.24, 2.45) is 0 Å². The van der Waals surface area contributed by atoms with Crippen molar-refractivity contribution in [2.75, 3.05) is 24.6 Å². The fraction of sp³-hybridized carbons (Fsp3) is 0.500. The second-order valence-corrected chi connectivity index (χ2v) is 9.62. The van der Waals surface area contributed by atoms with Crippen molar-refractivity contribution in [1.82, 2.24) is 9.71 Å². The van der Waals surface area contributed by atoms with E-state index in [4.69, 9.17) is 4.74 Å². The first-order valence-corrected chi connectivity index (χ1v) is 11.9. The van der Waals surface area contributed by atoms with Crippen molar-refractivity contribution in [3.8, 4) is 0 Å². The number of nitrogens with one attached hydrogen (secondary N) is 1. The number of anilines is 1. The van der Waals surface area contributed by atoms with E-state index in [1.165, 1.54) is 17.3 Å². The van der Waals surface area contributed by atoms with E-state index in [0.29, 0.717) is 6.61 Å². The smallest absolute Gasteiger partial charge is 0.242 e. The summed E-state index contributed by atoms with van der Waals surface area (Å²) in [4.78, 5) is 6.90. The number of ether oxygens (including phenoxy) is 1. The van der Waals surface area contributed by atoms with E-state index in [1.54, 1.807) is 12.1 Å². The molecular weight excluding hydrogens is 386 g/mol. The number of morpholine rings is 1. The van der Waals surface area contributed by atoms with Gasteiger partial charge in [0.05, 0.1) is 13.2 Å². The largest absolute Gasteiger partial charge is 0.367 e. The summed E-state index contributed by atoms with van der Waals surface area (Å²) in [6.07, 6.45) is 4.98. The highest BCUT2D eigenvalue weighted by Gasteiger charge is 2.43. The Morgan fingerprint density at radius 1 is 1.21 bits per heavy atom. The lowest BCUT2D eigenvalue weighted by Crippen LogP contribution is -2.49. The van der Waals surface area contributed by atoms with Crippen molar-refractivity contribution < 1.29 is 13.2 Å². The molecule has 1 aromatic carbocycles. The Morgan fingerprint density at radius 2 is 2.00 bits per heavy atom. The van der Waals surface area contributed by atoms with Crippen LogP contribution in [0.4, 0.5) is 5.82 Å². The summed E-state index contributed by atoms with van der Waals surface area (Å²) in [6.45, 7) is 6.07. The third-order valence-electron chi connectivity index (χ3n) is 6.15. The van der Waals surface area contributed by atoms with Crippen LogP contribution in [0.15, 0.2) is 47.5 Å². The fourth-order valence-electron chi connectivity index (χ4n) is 4.41. The maximum Gasteiger partial charge on any atom is 0.242 e. The Labute approximate surface area is 173 Å². The maximum atomic E-state index is 12.6. The number of fused-ring (bicyclic) bond motifs is 2. The molecule has 1 aromatic heterocycles. The standard InChI is InChI=1S/C22H29N3O3S/c1-3-18(4-2)24-29(26,27)19-9-10-21(23-15-19)25-13-14-28-22(16-25)12-11-17-7-5-6-8-20(17)22/h5-10,15,18,24H,3-4,11-14,16H2,1-2H3. The lowest BCUT2D eigenvalue weighted by Gasteiger charge is -2.41. The Kier molecular flexibility index (Phi) is 5.64. The summed E-state index contributed by atoms with van der Waals surface area (Å²) in [5.41, 5.74) is 2.34. The van der Waals surface area contributed by atoms with Gasteiger partial charge in [0.15, 0.2) is 0 Å². The van der Waals surface area contributed by atoms with Gasteiger partial charge in [-0.3, -0.25) is 0 Å². The highest BCUT2D eigenvalue weighted by Crippen LogP contribution is 2.42. The number of nitrogens with zero attached hydrogens (tertiary/aromatic N) is 2. The number of rotatable bonds is 6. The summed E-state index contributed by atoms with van der Waals surface area (Å²) in [5, 5.41) is 0. The number of pyridine rings is 1. The maximum absolute atomic E-state index is 12.6. The lowest BCUT2D eigenvalue weighted by molar-refractivity contribution is -0.0594. The molecule has 2 aliphatic rings. The van der Waals surface area contributed by atoms with Gasteiger partial charge in [-0.1, -0.05) is 38.1 Å². The third kappa shape index (κ3) is 3.91. The molecule has 4 rings (SSSR count). The Balaban J connectivity index is 1.53. The van der Waals surface area contributed by atoms with Crippen LogP contribution in [-0.4, -0.2) is 39.1 Å². The Hall–Kier alpha value is -1.96. The third-order valence-corrected chi connectivity index (χ3v) is 7.66. The lowest BCUT2D eigenvalue weighted by atomic mass is 9.93. The summed E-state index contributed by atoms with van der Waals surface area (Å²) < 4.78 is 34.2. The minimum atomic E-state index is -3.55. The van der Waals surface area contributed by atoms with Gasteiger partial charge < -0.3 is 9.64 Å². The molecule has 1 N–H and O–H groups in total. The molecular formula is C22H29N3O3S. The molecule has 0 bridgehead atoms. The zero-order valence-corrected chi connectivity index (χ0v) is 17.9. The van der Waals surface area contributed by atoms with Crippen LogP contribution in [0.1, 0.15) is 44.2 Å². The van der Waals surface area contributed by atoms with Crippen LogP contribution in [0.5, 0.6) is 0 Å². The van der Waals surface area contributed by atoms with Gasteiger partial charge >= 0.3 is 0 Å². The minimum absolute atomic E-state index is 0.0544. The highest BCUT2D eigenvalue weighted by atomic mass is 32.2. The van der Waals surface area contributed by atoms with Crippen molar-refractivity contribution >= 4 is 15.8 Å². The van der Waals surface area contributed by atoms with E-state index in [1.807, 2.05) is 13.8 Å². The van der Waals surface area contributed by atoms with Gasteiger partial charge in [-0.2, -0.15) is 0 Å². The van der Waals surface area contributed by atoms with Crippen LogP contribution in [-0.2, 0) is 26.8 Å². The van der Waals surface area contributed by atoms with Crippen molar-refractivity contribution in [1.29, 1.82) is 0 Å². The summed E-state index contributed by atoms with van der Waals surface area (Å²) in [7, 11) is -3.55. The second kappa shape index (κ2) is 8.05. The van der Waals surface area contributed by atoms with Crippen LogP contribution in [0, 0.1) is 0 Å². The van der Waals surface area contributed by atoms with Gasteiger partial charge in [-0.25, -0.2) is 18.1 Å². The molecule has 6 nitrogen and oxygen atoms in total. The molecule has 1 saturated heterocycles. The minimum Gasteiger partial charge on any atom is -0.367 e. The van der Waals surface area contributed by atoms with E-state index < -0.39 is 10.0 Å². The summed E-state index contributed by atoms with van der Waals surface area (Å²) >= 11 is 0. The topological polar surface area (TPSA) is 71.5 Å². The number of sulfonamides is 1. The molecule has 29 heavy (non-hydrogen) atoms. The monoisotopic (exact) mass is 415 g/mol. The van der Waals surface area contributed by atoms with E-state index in [2.05, 4.69) is 38.9 Å². The predicted octanol–water partition coefficient (Wildman–Crippen LogP) is 3.23. The summed E-state index contributed by atoms with van der Waals surface area (Å²) in [6, 6.07) is 11.9.